The highest BCUT2D eigenvalue weighted by molar-refractivity contribution is 5.44. The van der Waals surface area contributed by atoms with Crippen LogP contribution in [0, 0.1) is 0 Å². The maximum atomic E-state index is 10.2. The average Bonchev–Trinajstić information content (AvgIpc) is 2.39. The standard InChI is InChI=1S/C14H14O3/c1-17-11-7-8-13(15)12(9-11)14(16)10-5-3-2-4-6-10/h2-9,14-16H,1H3. The molecule has 2 aromatic rings. The van der Waals surface area contributed by atoms with E-state index in [0.717, 1.165) is 5.56 Å². The monoisotopic (exact) mass is 230 g/mol. The van der Waals surface area contributed by atoms with E-state index in [2.05, 4.69) is 0 Å². The fraction of sp³-hybridized carbons (Fsp3) is 0.143. The maximum Gasteiger partial charge on any atom is 0.122 e. The summed E-state index contributed by atoms with van der Waals surface area (Å²) in [5.41, 5.74) is 1.17. The van der Waals surface area contributed by atoms with E-state index in [1.54, 1.807) is 19.2 Å². The largest absolute Gasteiger partial charge is 0.508 e. The summed E-state index contributed by atoms with van der Waals surface area (Å²) in [7, 11) is 1.55. The highest BCUT2D eigenvalue weighted by atomic mass is 16.5. The molecule has 0 aliphatic rings. The Bertz CT molecular complexity index is 494. The molecule has 3 nitrogen and oxygen atoms in total. The van der Waals surface area contributed by atoms with Gasteiger partial charge >= 0.3 is 0 Å². The molecule has 2 aromatic carbocycles. The third-order valence-corrected chi connectivity index (χ3v) is 2.64. The summed E-state index contributed by atoms with van der Waals surface area (Å²) in [6.07, 6.45) is -0.855. The summed E-state index contributed by atoms with van der Waals surface area (Å²) in [6, 6.07) is 14.0. The lowest BCUT2D eigenvalue weighted by atomic mass is 10.0. The minimum Gasteiger partial charge on any atom is -0.508 e. The Morgan fingerprint density at radius 2 is 1.76 bits per heavy atom. The van der Waals surface area contributed by atoms with Crippen molar-refractivity contribution in [1.82, 2.24) is 0 Å². The lowest BCUT2D eigenvalue weighted by Crippen LogP contribution is -2.00. The topological polar surface area (TPSA) is 49.7 Å². The summed E-state index contributed by atoms with van der Waals surface area (Å²) in [5, 5.41) is 19.9. The van der Waals surface area contributed by atoms with Crippen LogP contribution in [-0.4, -0.2) is 17.3 Å². The predicted molar refractivity (Wildman–Crippen MR) is 65.2 cm³/mol. The van der Waals surface area contributed by atoms with Gasteiger partial charge in [-0.2, -0.15) is 0 Å². The van der Waals surface area contributed by atoms with Gasteiger partial charge in [0.25, 0.3) is 0 Å². The van der Waals surface area contributed by atoms with Gasteiger partial charge in [-0.3, -0.25) is 0 Å². The highest BCUT2D eigenvalue weighted by Gasteiger charge is 2.15. The summed E-state index contributed by atoms with van der Waals surface area (Å²) in [6.45, 7) is 0. The van der Waals surface area contributed by atoms with E-state index in [1.807, 2.05) is 30.3 Å². The molecule has 0 aliphatic carbocycles. The van der Waals surface area contributed by atoms with Crippen molar-refractivity contribution >= 4 is 0 Å². The molecule has 0 spiro atoms. The van der Waals surface area contributed by atoms with Gasteiger partial charge in [0.05, 0.1) is 7.11 Å². The molecular weight excluding hydrogens is 216 g/mol. The molecule has 0 bridgehead atoms. The van der Waals surface area contributed by atoms with Crippen molar-refractivity contribution in [3.63, 3.8) is 0 Å². The molecule has 1 unspecified atom stereocenters. The molecule has 0 aromatic heterocycles. The first-order valence-electron chi connectivity index (χ1n) is 5.32. The van der Waals surface area contributed by atoms with Gasteiger partial charge in [0.15, 0.2) is 0 Å². The minimum atomic E-state index is -0.855. The number of hydrogen-bond acceptors (Lipinski definition) is 3. The molecule has 2 rings (SSSR count). The van der Waals surface area contributed by atoms with E-state index < -0.39 is 6.10 Å². The van der Waals surface area contributed by atoms with Gasteiger partial charge in [0.2, 0.25) is 0 Å². The summed E-state index contributed by atoms with van der Waals surface area (Å²) in [4.78, 5) is 0. The number of ether oxygens (including phenoxy) is 1. The minimum absolute atomic E-state index is 0.0575. The number of aliphatic hydroxyl groups is 1. The van der Waals surface area contributed by atoms with Crippen LogP contribution in [0.5, 0.6) is 11.5 Å². The van der Waals surface area contributed by atoms with E-state index in [0.29, 0.717) is 11.3 Å². The predicted octanol–water partition coefficient (Wildman–Crippen LogP) is 2.48. The maximum absolute atomic E-state index is 10.2. The number of benzene rings is 2. The Labute approximate surface area is 99.9 Å². The molecule has 2 N–H and O–H groups in total. The van der Waals surface area contributed by atoms with Crippen LogP contribution in [0.2, 0.25) is 0 Å². The number of rotatable bonds is 3. The van der Waals surface area contributed by atoms with Crippen molar-refractivity contribution in [3.8, 4) is 11.5 Å². The zero-order valence-electron chi connectivity index (χ0n) is 9.50. The normalized spacial score (nSPS) is 12.1. The summed E-state index contributed by atoms with van der Waals surface area (Å²) >= 11 is 0. The summed E-state index contributed by atoms with van der Waals surface area (Å²) in [5.74, 6) is 0.662. The molecule has 88 valence electrons. The van der Waals surface area contributed by atoms with Crippen LogP contribution in [0.15, 0.2) is 48.5 Å². The first-order chi connectivity index (χ1) is 8.22. The summed E-state index contributed by atoms with van der Waals surface area (Å²) < 4.78 is 5.07. The third-order valence-electron chi connectivity index (χ3n) is 2.64. The van der Waals surface area contributed by atoms with E-state index >= 15 is 0 Å². The average molecular weight is 230 g/mol. The fourth-order valence-electron chi connectivity index (χ4n) is 1.69. The molecule has 0 heterocycles. The van der Waals surface area contributed by atoms with Crippen molar-refractivity contribution in [2.24, 2.45) is 0 Å². The zero-order valence-corrected chi connectivity index (χ0v) is 9.50. The molecular formula is C14H14O3. The van der Waals surface area contributed by atoms with Crippen LogP contribution in [0.25, 0.3) is 0 Å². The van der Waals surface area contributed by atoms with Crippen molar-refractivity contribution in [1.29, 1.82) is 0 Å². The smallest absolute Gasteiger partial charge is 0.122 e. The third kappa shape index (κ3) is 2.40. The Hall–Kier alpha value is -2.00. The Morgan fingerprint density at radius 3 is 2.41 bits per heavy atom. The second kappa shape index (κ2) is 4.89. The van der Waals surface area contributed by atoms with Gasteiger partial charge in [0.1, 0.15) is 17.6 Å². The van der Waals surface area contributed by atoms with E-state index in [4.69, 9.17) is 4.74 Å². The number of phenolic OH excluding ortho intramolecular Hbond substituents is 1. The van der Waals surface area contributed by atoms with Crippen molar-refractivity contribution in [2.75, 3.05) is 7.11 Å². The zero-order chi connectivity index (χ0) is 12.3. The first-order valence-corrected chi connectivity index (χ1v) is 5.32. The Morgan fingerprint density at radius 1 is 1.06 bits per heavy atom. The van der Waals surface area contributed by atoms with E-state index in [-0.39, 0.29) is 5.75 Å². The number of hydrogen-bond donors (Lipinski definition) is 2. The van der Waals surface area contributed by atoms with E-state index in [1.165, 1.54) is 6.07 Å². The molecule has 0 radical (unpaired) electrons. The molecule has 0 fully saturated rings. The molecule has 1 atom stereocenters. The van der Waals surface area contributed by atoms with Crippen LogP contribution >= 0.6 is 0 Å². The number of aliphatic hydroxyl groups excluding tert-OH is 1. The van der Waals surface area contributed by atoms with E-state index in [9.17, 15) is 10.2 Å². The molecule has 0 saturated carbocycles. The van der Waals surface area contributed by atoms with Gasteiger partial charge < -0.3 is 14.9 Å². The Balaban J connectivity index is 2.40. The number of methoxy groups -OCH3 is 1. The number of phenols is 1. The molecule has 3 heteroatoms. The van der Waals surface area contributed by atoms with Crippen LogP contribution in [-0.2, 0) is 0 Å². The lowest BCUT2D eigenvalue weighted by molar-refractivity contribution is 0.215. The van der Waals surface area contributed by atoms with Crippen molar-refractivity contribution < 1.29 is 14.9 Å². The van der Waals surface area contributed by atoms with Gasteiger partial charge in [-0.05, 0) is 23.8 Å². The van der Waals surface area contributed by atoms with Crippen LogP contribution in [0.3, 0.4) is 0 Å². The van der Waals surface area contributed by atoms with Gasteiger partial charge in [-0.15, -0.1) is 0 Å². The van der Waals surface area contributed by atoms with Gasteiger partial charge in [0, 0.05) is 5.56 Å². The van der Waals surface area contributed by atoms with Gasteiger partial charge in [-0.25, -0.2) is 0 Å². The van der Waals surface area contributed by atoms with Crippen LogP contribution in [0.4, 0.5) is 0 Å². The highest BCUT2D eigenvalue weighted by Crippen LogP contribution is 2.32. The number of aromatic hydroxyl groups is 1. The van der Waals surface area contributed by atoms with Crippen molar-refractivity contribution in [2.45, 2.75) is 6.10 Å². The Kier molecular flexibility index (Phi) is 3.30. The van der Waals surface area contributed by atoms with Crippen LogP contribution in [0.1, 0.15) is 17.2 Å². The van der Waals surface area contributed by atoms with Crippen LogP contribution < -0.4 is 4.74 Å². The van der Waals surface area contributed by atoms with Crippen molar-refractivity contribution in [3.05, 3.63) is 59.7 Å². The SMILES string of the molecule is COc1ccc(O)c(C(O)c2ccccc2)c1. The quantitative estimate of drug-likeness (QED) is 0.851. The molecule has 0 amide bonds. The fourth-order valence-corrected chi connectivity index (χ4v) is 1.69. The molecule has 0 saturated heterocycles. The lowest BCUT2D eigenvalue weighted by Gasteiger charge is -2.14. The first kappa shape index (κ1) is 11.5. The molecule has 17 heavy (non-hydrogen) atoms. The second-order valence-electron chi connectivity index (χ2n) is 3.74. The molecule has 0 aliphatic heterocycles. The second-order valence-corrected chi connectivity index (χ2v) is 3.74. The van der Waals surface area contributed by atoms with Gasteiger partial charge in [-0.1, -0.05) is 30.3 Å².